The predicted octanol–water partition coefficient (Wildman–Crippen LogP) is 3.11. The molecule has 0 aromatic rings. The molecule has 2 atom stereocenters. The van der Waals surface area contributed by atoms with Gasteiger partial charge >= 0.3 is 0 Å². The van der Waals surface area contributed by atoms with Crippen molar-refractivity contribution in [1.29, 1.82) is 0 Å². The van der Waals surface area contributed by atoms with Crippen molar-refractivity contribution in [1.82, 2.24) is 5.32 Å². The number of nitrogens with one attached hydrogen (secondary N) is 1. The largest absolute Gasteiger partial charge is 0.501 e. The quantitative estimate of drug-likeness (QED) is 0.791. The smallest absolute Gasteiger partial charge is 0.0876 e. The van der Waals surface area contributed by atoms with Crippen molar-refractivity contribution in [3.63, 3.8) is 0 Å². The van der Waals surface area contributed by atoms with Crippen molar-refractivity contribution in [3.05, 3.63) is 11.8 Å². The lowest BCUT2D eigenvalue weighted by atomic mass is 9.81. The van der Waals surface area contributed by atoms with Crippen LogP contribution < -0.4 is 5.32 Å². The van der Waals surface area contributed by atoms with Crippen LogP contribution >= 0.6 is 0 Å². The average Bonchev–Trinajstić information content (AvgIpc) is 2.34. The Labute approximate surface area is 112 Å². The van der Waals surface area contributed by atoms with E-state index in [9.17, 15) is 0 Å². The topological polar surface area (TPSA) is 30.5 Å². The monoisotopic (exact) mass is 255 g/mol. The van der Waals surface area contributed by atoms with Crippen molar-refractivity contribution in [2.45, 2.75) is 59.1 Å². The van der Waals surface area contributed by atoms with Gasteiger partial charge in [0.15, 0.2) is 0 Å². The molecule has 0 amide bonds. The Morgan fingerprint density at radius 3 is 2.61 bits per heavy atom. The minimum Gasteiger partial charge on any atom is -0.501 e. The molecule has 0 fully saturated rings. The molecular weight excluding hydrogens is 226 g/mol. The minimum absolute atomic E-state index is 0.110. The summed E-state index contributed by atoms with van der Waals surface area (Å²) in [5.41, 5.74) is 1.45. The van der Waals surface area contributed by atoms with Crippen molar-refractivity contribution >= 4 is 0 Å². The molecule has 1 aliphatic heterocycles. The van der Waals surface area contributed by atoms with Crippen molar-refractivity contribution in [2.24, 2.45) is 5.41 Å². The molecular formula is C15H29NO2. The van der Waals surface area contributed by atoms with E-state index in [-0.39, 0.29) is 17.6 Å². The summed E-state index contributed by atoms with van der Waals surface area (Å²) in [6.45, 7) is 10.7. The highest BCUT2D eigenvalue weighted by Gasteiger charge is 2.34. The Kier molecular flexibility index (Phi) is 6.16. The maximum absolute atomic E-state index is 5.77. The van der Waals surface area contributed by atoms with Crippen molar-refractivity contribution in [3.8, 4) is 0 Å². The Morgan fingerprint density at radius 1 is 1.44 bits per heavy atom. The lowest BCUT2D eigenvalue weighted by Gasteiger charge is -2.38. The van der Waals surface area contributed by atoms with E-state index in [1.165, 1.54) is 5.57 Å². The number of hydrogen-bond acceptors (Lipinski definition) is 3. The van der Waals surface area contributed by atoms with E-state index in [0.29, 0.717) is 0 Å². The molecule has 0 saturated carbocycles. The van der Waals surface area contributed by atoms with E-state index in [1.54, 1.807) is 7.11 Å². The molecule has 0 saturated heterocycles. The van der Waals surface area contributed by atoms with Crippen LogP contribution in [0.5, 0.6) is 0 Å². The van der Waals surface area contributed by atoms with Gasteiger partial charge in [0.25, 0.3) is 0 Å². The average molecular weight is 255 g/mol. The normalized spacial score (nSPS) is 19.9. The molecule has 0 radical (unpaired) electrons. The number of rotatable bonds is 6. The van der Waals surface area contributed by atoms with Gasteiger partial charge in [0, 0.05) is 7.11 Å². The summed E-state index contributed by atoms with van der Waals surface area (Å²) in [5.74, 6) is 0. The zero-order valence-corrected chi connectivity index (χ0v) is 12.6. The van der Waals surface area contributed by atoms with Crippen LogP contribution in [0.25, 0.3) is 0 Å². The molecule has 1 aliphatic rings. The summed E-state index contributed by atoms with van der Waals surface area (Å²) in [6, 6.07) is 0.259. The lowest BCUT2D eigenvalue weighted by molar-refractivity contribution is -0.00481. The molecule has 18 heavy (non-hydrogen) atoms. The third-order valence-corrected chi connectivity index (χ3v) is 3.39. The molecule has 1 N–H and O–H groups in total. The van der Waals surface area contributed by atoms with Crippen LogP contribution in [-0.2, 0) is 9.47 Å². The second-order valence-electron chi connectivity index (χ2n) is 6.12. The van der Waals surface area contributed by atoms with Gasteiger partial charge in [0.2, 0.25) is 0 Å². The number of hydrogen-bond donors (Lipinski definition) is 1. The van der Waals surface area contributed by atoms with Gasteiger partial charge in [-0.15, -0.1) is 0 Å². The summed E-state index contributed by atoms with van der Waals surface area (Å²) in [4.78, 5) is 0. The molecule has 3 heteroatoms. The van der Waals surface area contributed by atoms with Crippen molar-refractivity contribution < 1.29 is 9.47 Å². The first-order chi connectivity index (χ1) is 8.50. The third kappa shape index (κ3) is 4.29. The van der Waals surface area contributed by atoms with Crippen molar-refractivity contribution in [2.75, 3.05) is 20.3 Å². The molecule has 1 rings (SSSR count). The number of methoxy groups -OCH3 is 1. The molecule has 2 unspecified atom stereocenters. The molecule has 0 aromatic heterocycles. The first-order valence-corrected chi connectivity index (χ1v) is 7.07. The molecule has 0 aromatic carbocycles. The SMILES string of the molecule is CCCNC(C1=COCCC1)C(OC)C(C)(C)C. The summed E-state index contributed by atoms with van der Waals surface area (Å²) in [6.07, 6.45) is 5.45. The van der Waals surface area contributed by atoms with Crippen LogP contribution in [-0.4, -0.2) is 32.4 Å². The second kappa shape index (κ2) is 7.15. The van der Waals surface area contributed by atoms with Crippen LogP contribution in [0.2, 0.25) is 0 Å². The Morgan fingerprint density at radius 2 is 2.17 bits per heavy atom. The molecule has 0 spiro atoms. The first-order valence-electron chi connectivity index (χ1n) is 7.07. The number of ether oxygens (including phenoxy) is 2. The predicted molar refractivity (Wildman–Crippen MR) is 75.6 cm³/mol. The van der Waals surface area contributed by atoms with Crippen LogP contribution in [0.4, 0.5) is 0 Å². The van der Waals surface area contributed by atoms with E-state index in [0.717, 1.165) is 32.4 Å². The third-order valence-electron chi connectivity index (χ3n) is 3.39. The Balaban J connectivity index is 2.84. The van der Waals surface area contributed by atoms with Gasteiger partial charge in [0.1, 0.15) is 0 Å². The van der Waals surface area contributed by atoms with Crippen LogP contribution in [0.1, 0.15) is 47.0 Å². The fourth-order valence-corrected chi connectivity index (χ4v) is 2.54. The van der Waals surface area contributed by atoms with Gasteiger partial charge in [-0.2, -0.15) is 0 Å². The highest BCUT2D eigenvalue weighted by molar-refractivity contribution is 5.14. The molecule has 0 bridgehead atoms. The summed E-state index contributed by atoms with van der Waals surface area (Å²) in [7, 11) is 1.81. The zero-order chi connectivity index (χ0) is 13.6. The fourth-order valence-electron chi connectivity index (χ4n) is 2.54. The van der Waals surface area contributed by atoms with Gasteiger partial charge in [-0.05, 0) is 36.8 Å². The zero-order valence-electron chi connectivity index (χ0n) is 12.6. The Bertz CT molecular complexity index is 268. The summed E-state index contributed by atoms with van der Waals surface area (Å²) < 4.78 is 11.3. The van der Waals surface area contributed by atoms with Crippen LogP contribution in [0.3, 0.4) is 0 Å². The van der Waals surface area contributed by atoms with Crippen LogP contribution in [0.15, 0.2) is 11.8 Å². The Hall–Kier alpha value is -0.540. The maximum Gasteiger partial charge on any atom is 0.0876 e. The summed E-state index contributed by atoms with van der Waals surface area (Å²) >= 11 is 0. The fraction of sp³-hybridized carbons (Fsp3) is 0.867. The summed E-state index contributed by atoms with van der Waals surface area (Å²) in [5, 5.41) is 3.62. The standard InChI is InChI=1S/C15H29NO2/c1-6-9-16-13(12-8-7-10-18-11-12)14(17-5)15(2,3)4/h11,13-14,16H,6-10H2,1-5H3. The minimum atomic E-state index is 0.110. The molecule has 0 aliphatic carbocycles. The molecule has 1 heterocycles. The van der Waals surface area contributed by atoms with E-state index in [4.69, 9.17) is 9.47 Å². The first kappa shape index (κ1) is 15.5. The molecule has 106 valence electrons. The van der Waals surface area contributed by atoms with E-state index in [2.05, 4.69) is 33.0 Å². The van der Waals surface area contributed by atoms with Crippen LogP contribution in [0, 0.1) is 5.41 Å². The highest BCUT2D eigenvalue weighted by atomic mass is 16.5. The van der Waals surface area contributed by atoms with E-state index < -0.39 is 0 Å². The van der Waals surface area contributed by atoms with Gasteiger partial charge in [0.05, 0.1) is 25.0 Å². The van der Waals surface area contributed by atoms with Gasteiger partial charge in [-0.1, -0.05) is 27.7 Å². The maximum atomic E-state index is 5.77. The van der Waals surface area contributed by atoms with E-state index in [1.807, 2.05) is 6.26 Å². The molecule has 3 nitrogen and oxygen atoms in total. The lowest BCUT2D eigenvalue weighted by Crippen LogP contribution is -2.49. The van der Waals surface area contributed by atoms with Gasteiger partial charge in [-0.25, -0.2) is 0 Å². The van der Waals surface area contributed by atoms with E-state index >= 15 is 0 Å². The van der Waals surface area contributed by atoms with Gasteiger partial charge < -0.3 is 14.8 Å². The van der Waals surface area contributed by atoms with Gasteiger partial charge in [-0.3, -0.25) is 0 Å². The highest BCUT2D eigenvalue weighted by Crippen LogP contribution is 2.30. The second-order valence-corrected chi connectivity index (χ2v) is 6.12.